The molecule has 1 aromatic heterocycles. The maximum Gasteiger partial charge on any atom is 0.270 e. The third kappa shape index (κ3) is 4.42. The van der Waals surface area contributed by atoms with Crippen molar-refractivity contribution >= 4 is 24.0 Å². The molecule has 2 rings (SSSR count). The van der Waals surface area contributed by atoms with Crippen LogP contribution in [0.4, 0.5) is 5.69 Å². The van der Waals surface area contributed by atoms with Crippen molar-refractivity contribution < 1.29 is 19.0 Å². The number of methoxy groups -OCH3 is 3. The number of carbonyl (C=O) groups excluding carboxylic acids is 1. The highest BCUT2D eigenvalue weighted by molar-refractivity contribution is 5.92. The maximum absolute atomic E-state index is 12.1. The summed E-state index contributed by atoms with van der Waals surface area (Å²) in [5.74, 6) is 1.40. The molecule has 0 aliphatic heterocycles. The number of anilines is 1. The van der Waals surface area contributed by atoms with Crippen LogP contribution in [0.3, 0.4) is 0 Å². The van der Waals surface area contributed by atoms with Crippen LogP contribution in [0.25, 0.3) is 0 Å². The zero-order valence-electron chi connectivity index (χ0n) is 13.7. The first-order valence-electron chi connectivity index (χ1n) is 6.87. The Labute approximate surface area is 146 Å². The lowest BCUT2D eigenvalue weighted by Crippen LogP contribution is -2.24. The van der Waals surface area contributed by atoms with Gasteiger partial charge in [0.05, 0.1) is 33.2 Å². The molecule has 1 aromatic carbocycles. The SMILES string of the molecule is COc1cc(OC)c(OC)cc1CNC(=O)c1ccc(N)cn1.Cl. The third-order valence-electron chi connectivity index (χ3n) is 3.24. The summed E-state index contributed by atoms with van der Waals surface area (Å²) in [6.07, 6.45) is 1.44. The second-order valence-electron chi connectivity index (χ2n) is 4.68. The van der Waals surface area contributed by atoms with Gasteiger partial charge in [0.1, 0.15) is 11.4 Å². The minimum Gasteiger partial charge on any atom is -0.496 e. The van der Waals surface area contributed by atoms with Crippen LogP contribution in [0.5, 0.6) is 17.2 Å². The monoisotopic (exact) mass is 353 g/mol. The minimum absolute atomic E-state index is 0. The first-order chi connectivity index (χ1) is 11.1. The van der Waals surface area contributed by atoms with Crippen molar-refractivity contribution in [2.24, 2.45) is 0 Å². The number of hydrogen-bond acceptors (Lipinski definition) is 6. The largest absolute Gasteiger partial charge is 0.496 e. The lowest BCUT2D eigenvalue weighted by Gasteiger charge is -2.14. The summed E-state index contributed by atoms with van der Waals surface area (Å²) in [5, 5.41) is 2.78. The van der Waals surface area contributed by atoms with E-state index in [0.29, 0.717) is 28.6 Å². The van der Waals surface area contributed by atoms with Gasteiger partial charge in [-0.1, -0.05) is 0 Å². The van der Waals surface area contributed by atoms with Crippen LogP contribution < -0.4 is 25.3 Å². The Morgan fingerprint density at radius 2 is 1.71 bits per heavy atom. The number of nitrogen functional groups attached to an aromatic ring is 1. The molecule has 24 heavy (non-hydrogen) atoms. The molecular weight excluding hydrogens is 334 g/mol. The van der Waals surface area contributed by atoms with E-state index in [-0.39, 0.29) is 24.9 Å². The molecule has 0 unspecified atom stereocenters. The van der Waals surface area contributed by atoms with Crippen molar-refractivity contribution in [2.45, 2.75) is 6.54 Å². The van der Waals surface area contributed by atoms with Gasteiger partial charge in [0, 0.05) is 18.2 Å². The van der Waals surface area contributed by atoms with Gasteiger partial charge in [-0.25, -0.2) is 4.98 Å². The normalized spacial score (nSPS) is 9.62. The number of nitrogens with two attached hydrogens (primary N) is 1. The van der Waals surface area contributed by atoms with E-state index in [0.717, 1.165) is 5.56 Å². The number of halogens is 1. The van der Waals surface area contributed by atoms with Crippen molar-refractivity contribution in [3.63, 3.8) is 0 Å². The van der Waals surface area contributed by atoms with E-state index in [9.17, 15) is 4.79 Å². The van der Waals surface area contributed by atoms with Gasteiger partial charge in [-0.15, -0.1) is 12.4 Å². The Morgan fingerprint density at radius 3 is 2.25 bits per heavy atom. The van der Waals surface area contributed by atoms with Gasteiger partial charge >= 0.3 is 0 Å². The molecule has 3 N–H and O–H groups in total. The Hall–Kier alpha value is -2.67. The molecule has 0 bridgehead atoms. The highest BCUT2D eigenvalue weighted by atomic mass is 35.5. The Bertz CT molecular complexity index is 692. The molecule has 8 heteroatoms. The van der Waals surface area contributed by atoms with E-state index >= 15 is 0 Å². The molecule has 0 atom stereocenters. The quantitative estimate of drug-likeness (QED) is 0.825. The number of nitrogens with zero attached hydrogens (tertiary/aromatic N) is 1. The number of ether oxygens (including phenoxy) is 3. The lowest BCUT2D eigenvalue weighted by atomic mass is 10.1. The number of rotatable bonds is 6. The van der Waals surface area contributed by atoms with Crippen LogP contribution in [-0.2, 0) is 6.54 Å². The van der Waals surface area contributed by atoms with Crippen LogP contribution in [0.15, 0.2) is 30.5 Å². The van der Waals surface area contributed by atoms with Crippen LogP contribution in [0.2, 0.25) is 0 Å². The molecular formula is C16H20ClN3O4. The van der Waals surface area contributed by atoms with E-state index in [1.54, 1.807) is 45.6 Å². The highest BCUT2D eigenvalue weighted by Crippen LogP contribution is 2.34. The number of benzene rings is 1. The number of hydrogen-bond donors (Lipinski definition) is 2. The van der Waals surface area contributed by atoms with Crippen LogP contribution in [0, 0.1) is 0 Å². The van der Waals surface area contributed by atoms with Crippen molar-refractivity contribution in [2.75, 3.05) is 27.1 Å². The standard InChI is InChI=1S/C16H19N3O4.ClH/c1-21-13-7-15(23-3)14(22-2)6-10(13)8-19-16(20)12-5-4-11(17)9-18-12;/h4-7,9H,8,17H2,1-3H3,(H,19,20);1H. The number of nitrogens with one attached hydrogen (secondary N) is 1. The molecule has 130 valence electrons. The van der Waals surface area contributed by atoms with E-state index in [1.165, 1.54) is 6.20 Å². The lowest BCUT2D eigenvalue weighted by molar-refractivity contribution is 0.0945. The summed E-state index contributed by atoms with van der Waals surface area (Å²) in [6, 6.07) is 6.66. The summed E-state index contributed by atoms with van der Waals surface area (Å²) in [6.45, 7) is 0.258. The van der Waals surface area contributed by atoms with Gasteiger partial charge in [0.2, 0.25) is 0 Å². The zero-order chi connectivity index (χ0) is 16.8. The smallest absolute Gasteiger partial charge is 0.270 e. The fraction of sp³-hybridized carbons (Fsp3) is 0.250. The van der Waals surface area contributed by atoms with E-state index in [2.05, 4.69) is 10.3 Å². The van der Waals surface area contributed by atoms with Crippen LogP contribution in [-0.4, -0.2) is 32.2 Å². The Morgan fingerprint density at radius 1 is 1.08 bits per heavy atom. The molecule has 0 spiro atoms. The van der Waals surface area contributed by atoms with Crippen LogP contribution in [0.1, 0.15) is 16.1 Å². The van der Waals surface area contributed by atoms with Gasteiger partial charge in [0.15, 0.2) is 11.5 Å². The fourth-order valence-corrected chi connectivity index (χ4v) is 2.04. The highest BCUT2D eigenvalue weighted by Gasteiger charge is 2.13. The number of pyridine rings is 1. The number of carbonyl (C=O) groups is 1. The average molecular weight is 354 g/mol. The fourth-order valence-electron chi connectivity index (χ4n) is 2.04. The topological polar surface area (TPSA) is 95.7 Å². The summed E-state index contributed by atoms with van der Waals surface area (Å²) < 4.78 is 15.8. The number of amides is 1. The molecule has 1 amide bonds. The first kappa shape index (κ1) is 19.4. The molecule has 0 aliphatic carbocycles. The Kier molecular flexibility index (Phi) is 7.13. The van der Waals surface area contributed by atoms with Crippen molar-refractivity contribution in [1.29, 1.82) is 0 Å². The van der Waals surface area contributed by atoms with E-state index < -0.39 is 0 Å². The molecule has 0 aliphatic rings. The van der Waals surface area contributed by atoms with Crippen molar-refractivity contribution in [3.05, 3.63) is 41.7 Å². The minimum atomic E-state index is -0.304. The second kappa shape index (κ2) is 8.83. The zero-order valence-corrected chi connectivity index (χ0v) is 14.5. The second-order valence-corrected chi connectivity index (χ2v) is 4.68. The van der Waals surface area contributed by atoms with Crippen molar-refractivity contribution in [1.82, 2.24) is 10.3 Å². The summed E-state index contributed by atoms with van der Waals surface area (Å²) in [5.41, 5.74) is 7.10. The van der Waals surface area contributed by atoms with Gasteiger partial charge < -0.3 is 25.3 Å². The first-order valence-corrected chi connectivity index (χ1v) is 6.87. The molecule has 7 nitrogen and oxygen atoms in total. The summed E-state index contributed by atoms with van der Waals surface area (Å²) in [7, 11) is 4.64. The number of aromatic nitrogens is 1. The molecule has 0 radical (unpaired) electrons. The van der Waals surface area contributed by atoms with Crippen LogP contribution >= 0.6 is 12.4 Å². The molecule has 0 saturated carbocycles. The molecule has 1 heterocycles. The van der Waals surface area contributed by atoms with E-state index in [4.69, 9.17) is 19.9 Å². The average Bonchev–Trinajstić information content (AvgIpc) is 2.59. The van der Waals surface area contributed by atoms with Gasteiger partial charge in [-0.05, 0) is 18.2 Å². The van der Waals surface area contributed by atoms with Gasteiger partial charge in [-0.2, -0.15) is 0 Å². The molecule has 2 aromatic rings. The third-order valence-corrected chi connectivity index (χ3v) is 3.24. The summed E-state index contributed by atoms with van der Waals surface area (Å²) in [4.78, 5) is 16.1. The predicted molar refractivity (Wildman–Crippen MR) is 93.2 cm³/mol. The van der Waals surface area contributed by atoms with Gasteiger partial charge in [0.25, 0.3) is 5.91 Å². The maximum atomic E-state index is 12.1. The Balaban J connectivity index is 0.00000288. The van der Waals surface area contributed by atoms with Gasteiger partial charge in [-0.3, -0.25) is 4.79 Å². The molecule has 0 fully saturated rings. The van der Waals surface area contributed by atoms with Crippen molar-refractivity contribution in [3.8, 4) is 17.2 Å². The predicted octanol–water partition coefficient (Wildman–Crippen LogP) is 2.04. The summed E-state index contributed by atoms with van der Waals surface area (Å²) >= 11 is 0. The molecule has 0 saturated heterocycles. The van der Waals surface area contributed by atoms with E-state index in [1.807, 2.05) is 0 Å².